The molecule has 0 spiro atoms. The largest absolute Gasteiger partial charge is 0.492 e. The van der Waals surface area contributed by atoms with E-state index in [-0.39, 0.29) is 24.0 Å². The molecule has 0 aliphatic heterocycles. The van der Waals surface area contributed by atoms with Crippen molar-refractivity contribution in [1.29, 1.82) is 0 Å². The summed E-state index contributed by atoms with van der Waals surface area (Å²) in [5.74, 6) is 0.829. The van der Waals surface area contributed by atoms with E-state index in [0.29, 0.717) is 16.5 Å². The highest BCUT2D eigenvalue weighted by Crippen LogP contribution is 2.26. The minimum absolute atomic E-state index is 0.187. The molecule has 0 heterocycles. The predicted molar refractivity (Wildman–Crippen MR) is 117 cm³/mol. The Morgan fingerprint density at radius 1 is 1.10 bits per heavy atom. The molecule has 0 saturated carbocycles. The van der Waals surface area contributed by atoms with E-state index in [1.54, 1.807) is 31.2 Å². The van der Waals surface area contributed by atoms with Crippen LogP contribution < -0.4 is 14.8 Å². The molecule has 2 rings (SSSR count). The van der Waals surface area contributed by atoms with Gasteiger partial charge in [0.1, 0.15) is 18.1 Å². The molecule has 30 heavy (non-hydrogen) atoms. The van der Waals surface area contributed by atoms with Crippen molar-refractivity contribution in [2.24, 2.45) is 0 Å². The number of nitrogens with zero attached hydrogens (tertiary/aromatic N) is 1. The standard InChI is InChI=1S/C21H27ClN2O5S/c1-14-12-18(13-15(2)20(14)22)29-16(3)21(25)23-10-11-28-17-6-8-19(9-7-17)30(26,27)24(4)5/h6-9,12-13,16H,10-11H2,1-5H3,(H,23,25)/t16-/m1/s1. The summed E-state index contributed by atoms with van der Waals surface area (Å²) in [7, 11) is -0.525. The molecule has 0 bridgehead atoms. The van der Waals surface area contributed by atoms with Crippen molar-refractivity contribution in [3.63, 3.8) is 0 Å². The fourth-order valence-corrected chi connectivity index (χ4v) is 3.65. The summed E-state index contributed by atoms with van der Waals surface area (Å²) in [6.45, 7) is 5.94. The third-order valence-corrected chi connectivity index (χ3v) is 6.79. The van der Waals surface area contributed by atoms with E-state index >= 15 is 0 Å². The van der Waals surface area contributed by atoms with Gasteiger partial charge in [-0.2, -0.15) is 0 Å². The molecule has 164 valence electrons. The normalized spacial score (nSPS) is 12.5. The van der Waals surface area contributed by atoms with Gasteiger partial charge in [0.25, 0.3) is 5.91 Å². The van der Waals surface area contributed by atoms with E-state index in [1.165, 1.54) is 26.2 Å². The highest BCUT2D eigenvalue weighted by molar-refractivity contribution is 7.89. The first-order valence-corrected chi connectivity index (χ1v) is 11.2. The van der Waals surface area contributed by atoms with E-state index in [0.717, 1.165) is 15.4 Å². The molecule has 9 heteroatoms. The minimum atomic E-state index is -3.47. The molecule has 2 aromatic carbocycles. The van der Waals surface area contributed by atoms with Crippen molar-refractivity contribution in [1.82, 2.24) is 9.62 Å². The Morgan fingerprint density at radius 2 is 1.67 bits per heavy atom. The smallest absolute Gasteiger partial charge is 0.260 e. The molecular formula is C21H27ClN2O5S. The van der Waals surface area contributed by atoms with Crippen LogP contribution in [0.2, 0.25) is 5.02 Å². The van der Waals surface area contributed by atoms with Crippen molar-refractivity contribution >= 4 is 27.5 Å². The number of aryl methyl sites for hydroxylation is 2. The number of halogens is 1. The first-order chi connectivity index (χ1) is 14.0. The zero-order valence-corrected chi connectivity index (χ0v) is 19.3. The second-order valence-electron chi connectivity index (χ2n) is 7.03. The van der Waals surface area contributed by atoms with Crippen molar-refractivity contribution in [2.45, 2.75) is 31.8 Å². The van der Waals surface area contributed by atoms with Crippen LogP contribution in [0, 0.1) is 13.8 Å². The molecule has 0 aromatic heterocycles. The Morgan fingerprint density at radius 3 is 2.20 bits per heavy atom. The number of hydrogen-bond donors (Lipinski definition) is 1. The molecule has 1 amide bonds. The molecule has 0 aliphatic rings. The summed E-state index contributed by atoms with van der Waals surface area (Å²) >= 11 is 6.15. The maximum atomic E-state index is 12.2. The van der Waals surface area contributed by atoms with Gasteiger partial charge in [-0.05, 0) is 68.3 Å². The Hall–Kier alpha value is -2.29. The number of nitrogens with one attached hydrogen (secondary N) is 1. The summed E-state index contributed by atoms with van der Waals surface area (Å²) in [4.78, 5) is 12.4. The van der Waals surface area contributed by atoms with E-state index in [1.807, 2.05) is 13.8 Å². The minimum Gasteiger partial charge on any atom is -0.492 e. The lowest BCUT2D eigenvalue weighted by atomic mass is 10.1. The number of hydrogen-bond acceptors (Lipinski definition) is 5. The number of amides is 1. The lowest BCUT2D eigenvalue weighted by molar-refractivity contribution is -0.127. The maximum absolute atomic E-state index is 12.2. The lowest BCUT2D eigenvalue weighted by Crippen LogP contribution is -2.38. The first kappa shape index (κ1) is 24.0. The molecule has 7 nitrogen and oxygen atoms in total. The second-order valence-corrected chi connectivity index (χ2v) is 9.56. The third-order valence-electron chi connectivity index (χ3n) is 4.36. The highest BCUT2D eigenvalue weighted by atomic mass is 35.5. The Balaban J connectivity index is 1.80. The topological polar surface area (TPSA) is 84.9 Å². The van der Waals surface area contributed by atoms with Gasteiger partial charge in [0.15, 0.2) is 6.10 Å². The fraction of sp³-hybridized carbons (Fsp3) is 0.381. The molecule has 0 unspecified atom stereocenters. The SMILES string of the molecule is Cc1cc(O[C@H](C)C(=O)NCCOc2ccc(S(=O)(=O)N(C)C)cc2)cc(C)c1Cl. The summed E-state index contributed by atoms with van der Waals surface area (Å²) in [6, 6.07) is 9.71. The molecule has 2 aromatic rings. The molecule has 0 aliphatic carbocycles. The number of ether oxygens (including phenoxy) is 2. The zero-order valence-electron chi connectivity index (χ0n) is 17.7. The number of carbonyl (C=O) groups excluding carboxylic acids is 1. The number of carbonyl (C=O) groups is 1. The monoisotopic (exact) mass is 454 g/mol. The van der Waals surface area contributed by atoms with Crippen LogP contribution in [-0.4, -0.2) is 52.0 Å². The van der Waals surface area contributed by atoms with Crippen LogP contribution in [0.5, 0.6) is 11.5 Å². The van der Waals surface area contributed by atoms with Crippen LogP contribution in [0.25, 0.3) is 0 Å². The van der Waals surface area contributed by atoms with Crippen LogP contribution in [0.4, 0.5) is 0 Å². The highest BCUT2D eigenvalue weighted by Gasteiger charge is 2.17. The fourth-order valence-electron chi connectivity index (χ4n) is 2.64. The van der Waals surface area contributed by atoms with Crippen LogP contribution in [0.3, 0.4) is 0 Å². The Bertz CT molecular complexity index is 968. The molecule has 0 saturated heterocycles. The van der Waals surface area contributed by atoms with E-state index in [9.17, 15) is 13.2 Å². The van der Waals surface area contributed by atoms with Gasteiger partial charge < -0.3 is 14.8 Å². The van der Waals surface area contributed by atoms with Gasteiger partial charge in [0.2, 0.25) is 10.0 Å². The maximum Gasteiger partial charge on any atom is 0.260 e. The summed E-state index contributed by atoms with van der Waals surface area (Å²) in [6.07, 6.45) is -0.680. The zero-order chi connectivity index (χ0) is 22.5. The average Bonchev–Trinajstić information content (AvgIpc) is 2.69. The van der Waals surface area contributed by atoms with Gasteiger partial charge in [0, 0.05) is 19.1 Å². The van der Waals surface area contributed by atoms with Crippen LogP contribution in [0.1, 0.15) is 18.1 Å². The lowest BCUT2D eigenvalue weighted by Gasteiger charge is -2.16. The van der Waals surface area contributed by atoms with Gasteiger partial charge in [-0.1, -0.05) is 11.6 Å². The van der Waals surface area contributed by atoms with Gasteiger partial charge in [0.05, 0.1) is 11.4 Å². The number of sulfonamides is 1. The van der Waals surface area contributed by atoms with Crippen LogP contribution >= 0.6 is 11.6 Å². The first-order valence-electron chi connectivity index (χ1n) is 9.39. The second kappa shape index (κ2) is 10.1. The predicted octanol–water partition coefficient (Wildman–Crippen LogP) is 3.17. The Kier molecular flexibility index (Phi) is 8.11. The van der Waals surface area contributed by atoms with Crippen molar-refractivity contribution < 1.29 is 22.7 Å². The summed E-state index contributed by atoms with van der Waals surface area (Å²) in [5.41, 5.74) is 1.77. The average molecular weight is 455 g/mol. The number of benzene rings is 2. The van der Waals surface area contributed by atoms with Gasteiger partial charge >= 0.3 is 0 Å². The summed E-state index contributed by atoms with van der Waals surface area (Å²) in [5, 5.41) is 3.43. The van der Waals surface area contributed by atoms with Gasteiger partial charge in [-0.3, -0.25) is 4.79 Å². The van der Waals surface area contributed by atoms with Crippen LogP contribution in [-0.2, 0) is 14.8 Å². The van der Waals surface area contributed by atoms with Gasteiger partial charge in [-0.25, -0.2) is 12.7 Å². The number of rotatable bonds is 9. The van der Waals surface area contributed by atoms with E-state index in [2.05, 4.69) is 5.32 Å². The molecule has 0 fully saturated rings. The molecule has 1 atom stereocenters. The van der Waals surface area contributed by atoms with E-state index < -0.39 is 16.1 Å². The third kappa shape index (κ3) is 6.10. The van der Waals surface area contributed by atoms with Crippen molar-refractivity contribution in [2.75, 3.05) is 27.2 Å². The molecule has 0 radical (unpaired) electrons. The van der Waals surface area contributed by atoms with Crippen molar-refractivity contribution in [3.05, 3.63) is 52.5 Å². The van der Waals surface area contributed by atoms with Crippen LogP contribution in [0.15, 0.2) is 41.3 Å². The van der Waals surface area contributed by atoms with Gasteiger partial charge in [-0.15, -0.1) is 0 Å². The molecule has 1 N–H and O–H groups in total. The van der Waals surface area contributed by atoms with Crippen molar-refractivity contribution in [3.8, 4) is 11.5 Å². The Labute approximate surface area is 183 Å². The quantitative estimate of drug-likeness (QED) is 0.588. The van der Waals surface area contributed by atoms with E-state index in [4.69, 9.17) is 21.1 Å². The summed E-state index contributed by atoms with van der Waals surface area (Å²) < 4.78 is 36.5. The molecular weight excluding hydrogens is 428 g/mol.